The molecule has 0 aromatic heterocycles. The van der Waals surface area contributed by atoms with Gasteiger partial charge in [0.25, 0.3) is 5.91 Å². The molecule has 0 saturated carbocycles. The summed E-state index contributed by atoms with van der Waals surface area (Å²) in [6.07, 6.45) is 0.748. The van der Waals surface area contributed by atoms with Gasteiger partial charge in [-0.1, -0.05) is 48.0 Å². The summed E-state index contributed by atoms with van der Waals surface area (Å²) in [7, 11) is 1.64. The molecule has 3 aromatic carbocycles. The second-order valence-corrected chi connectivity index (χ2v) is 6.67. The Labute approximate surface area is 170 Å². The van der Waals surface area contributed by atoms with E-state index in [-0.39, 0.29) is 5.91 Å². The third-order valence-corrected chi connectivity index (χ3v) is 4.68. The Balaban J connectivity index is 1.52. The molecule has 0 bridgehead atoms. The maximum atomic E-state index is 12.4. The van der Waals surface area contributed by atoms with E-state index in [1.54, 1.807) is 25.3 Å². The lowest BCUT2D eigenvalue weighted by molar-refractivity contribution is 0.0953. The number of carbonyl (C=O) groups is 1. The van der Waals surface area contributed by atoms with E-state index in [1.165, 1.54) is 0 Å². The quantitative estimate of drug-likeness (QED) is 0.590. The summed E-state index contributed by atoms with van der Waals surface area (Å²) in [6.45, 7) is 0.901. The average molecular weight is 396 g/mol. The summed E-state index contributed by atoms with van der Waals surface area (Å²) >= 11 is 6.15. The first-order valence-electron chi connectivity index (χ1n) is 9.03. The van der Waals surface area contributed by atoms with Gasteiger partial charge >= 0.3 is 0 Å². The number of methoxy groups -OCH3 is 1. The molecule has 0 saturated heterocycles. The van der Waals surface area contributed by atoms with Crippen LogP contribution < -0.4 is 14.8 Å². The van der Waals surface area contributed by atoms with Crippen molar-refractivity contribution in [1.82, 2.24) is 5.32 Å². The Morgan fingerprint density at radius 2 is 1.75 bits per heavy atom. The Kier molecular flexibility index (Phi) is 6.93. The number of halogens is 1. The smallest absolute Gasteiger partial charge is 0.251 e. The van der Waals surface area contributed by atoms with Crippen LogP contribution >= 0.6 is 11.6 Å². The highest BCUT2D eigenvalue weighted by Crippen LogP contribution is 2.19. The van der Waals surface area contributed by atoms with Crippen molar-refractivity contribution < 1.29 is 14.3 Å². The summed E-state index contributed by atoms with van der Waals surface area (Å²) < 4.78 is 10.9. The van der Waals surface area contributed by atoms with Crippen molar-refractivity contribution in [1.29, 1.82) is 0 Å². The minimum absolute atomic E-state index is 0.128. The highest BCUT2D eigenvalue weighted by Gasteiger charge is 2.07. The summed E-state index contributed by atoms with van der Waals surface area (Å²) in [4.78, 5) is 12.4. The fraction of sp³-hybridized carbons (Fsp3) is 0.174. The molecule has 0 fully saturated rings. The predicted octanol–water partition coefficient (Wildman–Crippen LogP) is 4.90. The molecule has 0 atom stereocenters. The van der Waals surface area contributed by atoms with Crippen molar-refractivity contribution in [3.05, 3.63) is 94.5 Å². The van der Waals surface area contributed by atoms with Crippen LogP contribution in [-0.4, -0.2) is 19.6 Å². The summed E-state index contributed by atoms with van der Waals surface area (Å²) in [6, 6.07) is 22.5. The minimum atomic E-state index is -0.128. The van der Waals surface area contributed by atoms with Crippen LogP contribution in [0.25, 0.3) is 0 Å². The van der Waals surface area contributed by atoms with Crippen LogP contribution in [0.15, 0.2) is 72.8 Å². The number of nitrogens with one attached hydrogen (secondary N) is 1. The van der Waals surface area contributed by atoms with Crippen molar-refractivity contribution in [3.63, 3.8) is 0 Å². The van der Waals surface area contributed by atoms with Gasteiger partial charge in [-0.25, -0.2) is 0 Å². The van der Waals surface area contributed by atoms with Gasteiger partial charge in [0.05, 0.1) is 7.11 Å². The number of ether oxygens (including phenoxy) is 2. The monoisotopic (exact) mass is 395 g/mol. The van der Waals surface area contributed by atoms with Crippen LogP contribution in [0.3, 0.4) is 0 Å². The molecule has 0 radical (unpaired) electrons. The van der Waals surface area contributed by atoms with Crippen LogP contribution in [-0.2, 0) is 13.0 Å². The van der Waals surface area contributed by atoms with Crippen LogP contribution in [0.4, 0.5) is 0 Å². The van der Waals surface area contributed by atoms with Gasteiger partial charge in [0.1, 0.15) is 18.1 Å². The zero-order valence-electron chi connectivity index (χ0n) is 15.7. The molecule has 0 unspecified atom stereocenters. The van der Waals surface area contributed by atoms with E-state index in [1.807, 2.05) is 54.6 Å². The summed E-state index contributed by atoms with van der Waals surface area (Å²) in [5.41, 5.74) is 2.60. The van der Waals surface area contributed by atoms with Gasteiger partial charge in [-0.15, -0.1) is 0 Å². The van der Waals surface area contributed by atoms with E-state index in [4.69, 9.17) is 21.1 Å². The number of rotatable bonds is 8. The van der Waals surface area contributed by atoms with Crippen molar-refractivity contribution in [2.45, 2.75) is 13.0 Å². The molecule has 3 aromatic rings. The molecule has 0 aliphatic rings. The average Bonchev–Trinajstić information content (AvgIpc) is 2.74. The minimum Gasteiger partial charge on any atom is -0.497 e. The zero-order valence-corrected chi connectivity index (χ0v) is 16.4. The van der Waals surface area contributed by atoms with Gasteiger partial charge in [-0.05, 0) is 48.4 Å². The van der Waals surface area contributed by atoms with Crippen molar-refractivity contribution in [3.8, 4) is 11.5 Å². The van der Waals surface area contributed by atoms with E-state index in [0.29, 0.717) is 29.5 Å². The van der Waals surface area contributed by atoms with Crippen LogP contribution in [0.1, 0.15) is 21.5 Å². The molecule has 5 heteroatoms. The molecule has 3 rings (SSSR count). The lowest BCUT2D eigenvalue weighted by Crippen LogP contribution is -2.25. The SMILES string of the molecule is COc1ccc(CCNC(=O)c2cccc(OCc3ccccc3Cl)c2)cc1. The van der Waals surface area contributed by atoms with Crippen LogP contribution in [0.2, 0.25) is 5.02 Å². The molecule has 0 aliphatic heterocycles. The molecule has 144 valence electrons. The molecule has 0 heterocycles. The Morgan fingerprint density at radius 1 is 0.964 bits per heavy atom. The van der Waals surface area contributed by atoms with E-state index in [9.17, 15) is 4.79 Å². The van der Waals surface area contributed by atoms with E-state index < -0.39 is 0 Å². The summed E-state index contributed by atoms with van der Waals surface area (Å²) in [5.74, 6) is 1.32. The van der Waals surface area contributed by atoms with Gasteiger partial charge in [0.2, 0.25) is 0 Å². The highest BCUT2D eigenvalue weighted by atomic mass is 35.5. The first kappa shape index (κ1) is 19.8. The molecule has 4 nitrogen and oxygen atoms in total. The highest BCUT2D eigenvalue weighted by molar-refractivity contribution is 6.31. The van der Waals surface area contributed by atoms with Crippen molar-refractivity contribution in [2.24, 2.45) is 0 Å². The maximum absolute atomic E-state index is 12.4. The second kappa shape index (κ2) is 9.81. The molecule has 0 aliphatic carbocycles. The van der Waals surface area contributed by atoms with Gasteiger partial charge < -0.3 is 14.8 Å². The fourth-order valence-corrected chi connectivity index (χ4v) is 2.91. The van der Waals surface area contributed by atoms with Crippen molar-refractivity contribution in [2.75, 3.05) is 13.7 Å². The van der Waals surface area contributed by atoms with E-state index in [2.05, 4.69) is 5.32 Å². The largest absolute Gasteiger partial charge is 0.497 e. The normalized spacial score (nSPS) is 10.4. The number of amides is 1. The Hall–Kier alpha value is -2.98. The Morgan fingerprint density at radius 3 is 2.50 bits per heavy atom. The van der Waals surface area contributed by atoms with Gasteiger partial charge in [0.15, 0.2) is 0 Å². The number of carbonyl (C=O) groups excluding carboxylic acids is 1. The molecule has 1 N–H and O–H groups in total. The Bertz CT molecular complexity index is 925. The topological polar surface area (TPSA) is 47.6 Å². The van der Waals surface area contributed by atoms with Gasteiger partial charge in [0, 0.05) is 22.7 Å². The first-order chi connectivity index (χ1) is 13.7. The van der Waals surface area contributed by atoms with Gasteiger partial charge in [-0.3, -0.25) is 4.79 Å². The number of hydrogen-bond donors (Lipinski definition) is 1. The van der Waals surface area contributed by atoms with E-state index in [0.717, 1.165) is 23.3 Å². The van der Waals surface area contributed by atoms with Crippen LogP contribution in [0.5, 0.6) is 11.5 Å². The molecule has 1 amide bonds. The van der Waals surface area contributed by atoms with Crippen LogP contribution in [0, 0.1) is 0 Å². The predicted molar refractivity (Wildman–Crippen MR) is 111 cm³/mol. The fourth-order valence-electron chi connectivity index (χ4n) is 2.72. The molecule has 0 spiro atoms. The standard InChI is InChI=1S/C23H22ClNO3/c1-27-20-11-9-17(10-12-20)13-14-25-23(26)18-6-4-7-21(15-18)28-16-19-5-2-3-8-22(19)24/h2-12,15H,13-14,16H2,1H3,(H,25,26). The maximum Gasteiger partial charge on any atom is 0.251 e. The summed E-state index contributed by atoms with van der Waals surface area (Å²) in [5, 5.41) is 3.60. The van der Waals surface area contributed by atoms with Gasteiger partial charge in [-0.2, -0.15) is 0 Å². The third kappa shape index (κ3) is 5.51. The number of hydrogen-bond acceptors (Lipinski definition) is 3. The molecular formula is C23H22ClNO3. The molecule has 28 heavy (non-hydrogen) atoms. The third-order valence-electron chi connectivity index (χ3n) is 4.31. The van der Waals surface area contributed by atoms with E-state index >= 15 is 0 Å². The molecular weight excluding hydrogens is 374 g/mol. The lowest BCUT2D eigenvalue weighted by Gasteiger charge is -2.10. The second-order valence-electron chi connectivity index (χ2n) is 6.26. The number of benzene rings is 3. The van der Waals surface area contributed by atoms with Crippen molar-refractivity contribution >= 4 is 17.5 Å². The lowest BCUT2D eigenvalue weighted by atomic mass is 10.1. The first-order valence-corrected chi connectivity index (χ1v) is 9.41. The zero-order chi connectivity index (χ0) is 19.8.